The fraction of sp³-hybridized carbons (Fsp3) is 0.778. The summed E-state index contributed by atoms with van der Waals surface area (Å²) < 4.78 is 13.5. The minimum absolute atomic E-state index is 0.301. The molecule has 1 heterocycles. The number of nitrogens with zero attached hydrogens (tertiary/aromatic N) is 3. The first-order chi connectivity index (χ1) is 6.88. The molecule has 1 aromatic rings. The van der Waals surface area contributed by atoms with Crippen molar-refractivity contribution in [3.8, 4) is 0 Å². The summed E-state index contributed by atoms with van der Waals surface area (Å²) in [4.78, 5) is 0. The molecular weight excluding hydrogens is 183 g/mol. The van der Waals surface area contributed by atoms with Crippen molar-refractivity contribution in [3.63, 3.8) is 0 Å². The Balaban J connectivity index is 1.71. The number of aromatic nitrogens is 3. The van der Waals surface area contributed by atoms with Crippen molar-refractivity contribution in [2.45, 2.75) is 25.9 Å². The van der Waals surface area contributed by atoms with Gasteiger partial charge in [0.2, 0.25) is 0 Å². The van der Waals surface area contributed by atoms with E-state index >= 15 is 0 Å². The van der Waals surface area contributed by atoms with Crippen LogP contribution in [0.5, 0.6) is 0 Å². The van der Waals surface area contributed by atoms with Crippen LogP contribution in [0.1, 0.15) is 18.5 Å². The van der Waals surface area contributed by atoms with Gasteiger partial charge in [0.05, 0.1) is 12.2 Å². The molecule has 1 fully saturated rings. The first-order valence-electron chi connectivity index (χ1n) is 5.04. The first kappa shape index (κ1) is 9.58. The maximum Gasteiger partial charge on any atom is 0.109 e. The van der Waals surface area contributed by atoms with Crippen LogP contribution in [-0.2, 0) is 13.1 Å². The van der Waals surface area contributed by atoms with Crippen LogP contribution in [0.25, 0.3) is 0 Å². The lowest BCUT2D eigenvalue weighted by molar-refractivity contribution is 0.422. The highest BCUT2D eigenvalue weighted by Gasteiger charge is 2.20. The van der Waals surface area contributed by atoms with Crippen molar-refractivity contribution < 1.29 is 4.39 Å². The monoisotopic (exact) mass is 198 g/mol. The van der Waals surface area contributed by atoms with Crippen LogP contribution in [-0.4, -0.2) is 28.2 Å². The van der Waals surface area contributed by atoms with Gasteiger partial charge in [0.15, 0.2) is 0 Å². The molecule has 0 aromatic carbocycles. The lowest BCUT2D eigenvalue weighted by Crippen LogP contribution is -2.16. The van der Waals surface area contributed by atoms with Crippen molar-refractivity contribution in [2.75, 3.05) is 13.2 Å². The maximum atomic E-state index is 11.9. The molecule has 0 radical (unpaired) electrons. The second kappa shape index (κ2) is 4.50. The lowest BCUT2D eigenvalue weighted by atomic mass is 10.4. The van der Waals surface area contributed by atoms with E-state index in [1.54, 1.807) is 6.20 Å². The number of rotatable bonds is 6. The van der Waals surface area contributed by atoms with E-state index in [-0.39, 0.29) is 0 Å². The summed E-state index contributed by atoms with van der Waals surface area (Å²) >= 11 is 0. The molecule has 0 amide bonds. The molecule has 4 nitrogen and oxygen atoms in total. The summed E-state index contributed by atoms with van der Waals surface area (Å²) in [7, 11) is 0. The van der Waals surface area contributed by atoms with Crippen LogP contribution >= 0.6 is 0 Å². The van der Waals surface area contributed by atoms with Crippen molar-refractivity contribution in [3.05, 3.63) is 11.9 Å². The van der Waals surface area contributed by atoms with Gasteiger partial charge in [-0.15, -0.1) is 5.10 Å². The van der Waals surface area contributed by atoms with E-state index in [4.69, 9.17) is 0 Å². The van der Waals surface area contributed by atoms with Crippen LogP contribution in [0, 0.1) is 5.92 Å². The zero-order valence-electron chi connectivity index (χ0n) is 8.12. The topological polar surface area (TPSA) is 42.7 Å². The average Bonchev–Trinajstić information content (AvgIpc) is 2.88. The molecule has 1 aromatic heterocycles. The molecule has 2 rings (SSSR count). The normalized spacial score (nSPS) is 16.1. The third-order valence-electron chi connectivity index (χ3n) is 2.34. The Kier molecular flexibility index (Phi) is 3.08. The smallest absolute Gasteiger partial charge is 0.109 e. The molecule has 0 aliphatic heterocycles. The summed E-state index contributed by atoms with van der Waals surface area (Å²) in [6, 6.07) is 0. The van der Waals surface area contributed by atoms with Crippen LogP contribution in [0.2, 0.25) is 0 Å². The van der Waals surface area contributed by atoms with E-state index in [2.05, 4.69) is 15.6 Å². The highest BCUT2D eigenvalue weighted by atomic mass is 19.1. The third kappa shape index (κ3) is 2.77. The number of halogens is 1. The van der Waals surface area contributed by atoms with E-state index in [1.165, 1.54) is 17.5 Å². The first-order valence-corrected chi connectivity index (χ1v) is 5.04. The molecule has 14 heavy (non-hydrogen) atoms. The zero-order chi connectivity index (χ0) is 9.80. The van der Waals surface area contributed by atoms with Crippen LogP contribution in [0.4, 0.5) is 4.39 Å². The molecule has 1 saturated carbocycles. The Morgan fingerprint density at radius 1 is 1.57 bits per heavy atom. The number of hydrogen-bond acceptors (Lipinski definition) is 3. The standard InChI is InChI=1S/C9H15FN4/c10-3-4-14-7-9(12-13-14)6-11-5-8-1-2-8/h7-8,11H,1-6H2. The summed E-state index contributed by atoms with van der Waals surface area (Å²) in [6.45, 7) is 1.71. The molecule has 78 valence electrons. The van der Waals surface area contributed by atoms with E-state index in [1.807, 2.05) is 0 Å². The molecule has 1 aliphatic carbocycles. The number of nitrogens with one attached hydrogen (secondary N) is 1. The average molecular weight is 198 g/mol. The summed E-state index contributed by atoms with van der Waals surface area (Å²) in [5.74, 6) is 0.871. The predicted molar refractivity (Wildman–Crippen MR) is 50.4 cm³/mol. The van der Waals surface area contributed by atoms with Gasteiger partial charge in [-0.1, -0.05) is 5.21 Å². The highest BCUT2D eigenvalue weighted by Crippen LogP contribution is 2.27. The van der Waals surface area contributed by atoms with Crippen LogP contribution in [0.3, 0.4) is 0 Å². The van der Waals surface area contributed by atoms with Gasteiger partial charge in [-0.05, 0) is 25.3 Å². The van der Waals surface area contributed by atoms with Crippen molar-refractivity contribution >= 4 is 0 Å². The Morgan fingerprint density at radius 2 is 2.43 bits per heavy atom. The Labute approximate surface area is 82.5 Å². The van der Waals surface area contributed by atoms with Crippen molar-refractivity contribution in [1.82, 2.24) is 20.3 Å². The second-order valence-corrected chi connectivity index (χ2v) is 3.74. The van der Waals surface area contributed by atoms with Gasteiger partial charge >= 0.3 is 0 Å². The van der Waals surface area contributed by atoms with Crippen LogP contribution < -0.4 is 5.32 Å². The molecule has 0 bridgehead atoms. The Hall–Kier alpha value is -0.970. The number of alkyl halides is 1. The van der Waals surface area contributed by atoms with Gasteiger partial charge in [-0.25, -0.2) is 9.07 Å². The van der Waals surface area contributed by atoms with Crippen molar-refractivity contribution in [1.29, 1.82) is 0 Å². The van der Waals surface area contributed by atoms with E-state index in [0.29, 0.717) is 6.54 Å². The fourth-order valence-corrected chi connectivity index (χ4v) is 1.34. The van der Waals surface area contributed by atoms with Gasteiger partial charge in [-0.2, -0.15) is 0 Å². The molecule has 5 heteroatoms. The van der Waals surface area contributed by atoms with E-state index < -0.39 is 6.67 Å². The molecule has 0 unspecified atom stereocenters. The van der Waals surface area contributed by atoms with E-state index in [9.17, 15) is 4.39 Å². The molecule has 0 spiro atoms. The number of aryl methyl sites for hydroxylation is 1. The summed E-state index contributed by atoms with van der Waals surface area (Å²) in [5.41, 5.74) is 0.888. The summed E-state index contributed by atoms with van der Waals surface area (Å²) in [6.07, 6.45) is 4.49. The van der Waals surface area contributed by atoms with Gasteiger partial charge in [0.25, 0.3) is 0 Å². The summed E-state index contributed by atoms with van der Waals surface area (Å²) in [5, 5.41) is 11.1. The molecule has 0 saturated heterocycles. The quantitative estimate of drug-likeness (QED) is 0.733. The third-order valence-corrected chi connectivity index (χ3v) is 2.34. The lowest BCUT2D eigenvalue weighted by Gasteiger charge is -1.98. The van der Waals surface area contributed by atoms with Crippen LogP contribution in [0.15, 0.2) is 6.20 Å². The highest BCUT2D eigenvalue weighted by molar-refractivity contribution is 4.92. The van der Waals surface area contributed by atoms with Gasteiger partial charge in [0.1, 0.15) is 6.67 Å². The van der Waals surface area contributed by atoms with Crippen molar-refractivity contribution in [2.24, 2.45) is 5.92 Å². The van der Waals surface area contributed by atoms with E-state index in [0.717, 1.165) is 24.7 Å². The fourth-order valence-electron chi connectivity index (χ4n) is 1.34. The molecule has 0 atom stereocenters. The number of hydrogen-bond donors (Lipinski definition) is 1. The van der Waals surface area contributed by atoms with Gasteiger partial charge < -0.3 is 5.32 Å². The van der Waals surface area contributed by atoms with Gasteiger partial charge in [-0.3, -0.25) is 0 Å². The zero-order valence-corrected chi connectivity index (χ0v) is 8.12. The SMILES string of the molecule is FCCn1cc(CNCC2CC2)nn1. The Bertz CT molecular complexity index is 282. The minimum atomic E-state index is -0.391. The Morgan fingerprint density at radius 3 is 3.14 bits per heavy atom. The minimum Gasteiger partial charge on any atom is -0.311 e. The molecule has 1 aliphatic rings. The maximum absolute atomic E-state index is 11.9. The molecular formula is C9H15FN4. The largest absolute Gasteiger partial charge is 0.311 e. The predicted octanol–water partition coefficient (Wildman–Crippen LogP) is 0.747. The molecule has 1 N–H and O–H groups in total. The van der Waals surface area contributed by atoms with Gasteiger partial charge in [0, 0.05) is 12.7 Å². The second-order valence-electron chi connectivity index (χ2n) is 3.74.